The highest BCUT2D eigenvalue weighted by atomic mass is 35.5. The van der Waals surface area contributed by atoms with Crippen LogP contribution in [0.3, 0.4) is 0 Å². The molecule has 0 amide bonds. The van der Waals surface area contributed by atoms with Crippen LogP contribution >= 0.6 is 11.6 Å². The first-order valence-electron chi connectivity index (χ1n) is 5.56. The lowest BCUT2D eigenvalue weighted by Gasteiger charge is -2.09. The molecule has 5 heteroatoms. The number of aromatic nitrogens is 2. The molecule has 0 fully saturated rings. The highest BCUT2D eigenvalue weighted by Crippen LogP contribution is 2.17. The lowest BCUT2D eigenvalue weighted by molar-refractivity contribution is 0.722. The van der Waals surface area contributed by atoms with E-state index in [2.05, 4.69) is 10.3 Å². The minimum absolute atomic E-state index is 0.0489. The van der Waals surface area contributed by atoms with Crippen LogP contribution in [0.2, 0.25) is 0 Å². The Hall–Kier alpha value is -1.55. The van der Waals surface area contributed by atoms with Gasteiger partial charge < -0.3 is 5.32 Å². The fourth-order valence-corrected chi connectivity index (χ4v) is 1.97. The van der Waals surface area contributed by atoms with Gasteiger partial charge in [-0.3, -0.25) is 9.36 Å². The number of halogens is 1. The molecule has 0 atom stereocenters. The van der Waals surface area contributed by atoms with Gasteiger partial charge in [0.2, 0.25) is 0 Å². The second-order valence-electron chi connectivity index (χ2n) is 3.66. The molecule has 0 aliphatic carbocycles. The van der Waals surface area contributed by atoms with Crippen molar-refractivity contribution in [2.24, 2.45) is 0 Å². The van der Waals surface area contributed by atoms with Crippen LogP contribution in [0.25, 0.3) is 10.9 Å². The maximum Gasteiger partial charge on any atom is 0.263 e. The highest BCUT2D eigenvalue weighted by Gasteiger charge is 2.07. The molecule has 0 bridgehead atoms. The summed E-state index contributed by atoms with van der Waals surface area (Å²) in [7, 11) is 0. The largest absolute Gasteiger partial charge is 0.385 e. The van der Waals surface area contributed by atoms with Crippen molar-refractivity contribution in [2.45, 2.75) is 13.5 Å². The van der Waals surface area contributed by atoms with Crippen LogP contribution in [-0.4, -0.2) is 22.0 Å². The van der Waals surface area contributed by atoms with Crippen molar-refractivity contribution in [3.05, 3.63) is 34.9 Å². The van der Waals surface area contributed by atoms with E-state index in [0.29, 0.717) is 23.3 Å². The molecule has 0 unspecified atom stereocenters. The normalized spacial score (nSPS) is 10.7. The van der Waals surface area contributed by atoms with Crippen molar-refractivity contribution in [3.8, 4) is 0 Å². The van der Waals surface area contributed by atoms with Crippen molar-refractivity contribution in [1.82, 2.24) is 9.55 Å². The number of nitrogens with one attached hydrogen (secondary N) is 1. The van der Waals surface area contributed by atoms with Crippen LogP contribution in [0.15, 0.2) is 29.3 Å². The van der Waals surface area contributed by atoms with Crippen LogP contribution in [0.4, 0.5) is 5.69 Å². The molecule has 17 heavy (non-hydrogen) atoms. The first-order chi connectivity index (χ1) is 8.27. The number of rotatable bonds is 4. The SMILES string of the molecule is CCNc1cccc2ncn(CCCl)c(=O)c12. The molecule has 0 aliphatic rings. The van der Waals surface area contributed by atoms with Gasteiger partial charge in [0.05, 0.1) is 17.2 Å². The standard InChI is InChI=1S/C12H14ClN3O/c1-2-14-9-4-3-5-10-11(9)12(17)16(7-6-13)8-15-10/h3-5,8,14H,2,6-7H2,1H3. The predicted octanol–water partition coefficient (Wildman–Crippen LogP) is 2.07. The average molecular weight is 252 g/mol. The first-order valence-corrected chi connectivity index (χ1v) is 6.09. The summed E-state index contributed by atoms with van der Waals surface area (Å²) in [6.45, 7) is 3.24. The Morgan fingerprint density at radius 3 is 3.00 bits per heavy atom. The van der Waals surface area contributed by atoms with Crippen LogP contribution in [0.1, 0.15) is 6.92 Å². The zero-order valence-corrected chi connectivity index (χ0v) is 10.4. The molecule has 2 aromatic rings. The van der Waals surface area contributed by atoms with E-state index in [1.54, 1.807) is 6.33 Å². The van der Waals surface area contributed by atoms with E-state index in [1.807, 2.05) is 25.1 Å². The molecular weight excluding hydrogens is 238 g/mol. The lowest BCUT2D eigenvalue weighted by Crippen LogP contribution is -2.22. The summed E-state index contributed by atoms with van der Waals surface area (Å²) >= 11 is 5.66. The van der Waals surface area contributed by atoms with E-state index in [9.17, 15) is 4.79 Å². The Kier molecular flexibility index (Phi) is 3.64. The van der Waals surface area contributed by atoms with Crippen molar-refractivity contribution in [3.63, 3.8) is 0 Å². The van der Waals surface area contributed by atoms with E-state index in [1.165, 1.54) is 4.57 Å². The zero-order chi connectivity index (χ0) is 12.3. The summed E-state index contributed by atoms with van der Waals surface area (Å²) in [5.41, 5.74) is 1.48. The number of anilines is 1. The molecule has 0 aliphatic heterocycles. The average Bonchev–Trinajstić information content (AvgIpc) is 2.33. The molecule has 0 spiro atoms. The number of alkyl halides is 1. The third-order valence-electron chi connectivity index (χ3n) is 2.55. The van der Waals surface area contributed by atoms with Crippen LogP contribution < -0.4 is 10.9 Å². The zero-order valence-electron chi connectivity index (χ0n) is 9.61. The second-order valence-corrected chi connectivity index (χ2v) is 4.04. The van der Waals surface area contributed by atoms with E-state index in [4.69, 9.17) is 11.6 Å². The minimum Gasteiger partial charge on any atom is -0.385 e. The van der Waals surface area contributed by atoms with Gasteiger partial charge in [0.15, 0.2) is 0 Å². The van der Waals surface area contributed by atoms with Crippen molar-refractivity contribution < 1.29 is 0 Å². The van der Waals surface area contributed by atoms with Gasteiger partial charge in [-0.05, 0) is 19.1 Å². The van der Waals surface area contributed by atoms with Gasteiger partial charge in [-0.2, -0.15) is 0 Å². The number of aryl methyl sites for hydroxylation is 1. The number of hydrogen-bond acceptors (Lipinski definition) is 3. The number of nitrogens with zero attached hydrogens (tertiary/aromatic N) is 2. The smallest absolute Gasteiger partial charge is 0.263 e. The van der Waals surface area contributed by atoms with Crippen molar-refractivity contribution >= 4 is 28.2 Å². The Morgan fingerprint density at radius 1 is 1.47 bits per heavy atom. The van der Waals surface area contributed by atoms with E-state index < -0.39 is 0 Å². The molecule has 0 saturated carbocycles. The maximum atomic E-state index is 12.2. The molecule has 4 nitrogen and oxygen atoms in total. The number of hydrogen-bond donors (Lipinski definition) is 1. The van der Waals surface area contributed by atoms with Gasteiger partial charge in [0, 0.05) is 24.7 Å². The summed E-state index contributed by atoms with van der Waals surface area (Å²) in [4.78, 5) is 16.5. The fraction of sp³-hybridized carbons (Fsp3) is 0.333. The predicted molar refractivity (Wildman–Crippen MR) is 70.9 cm³/mol. The van der Waals surface area contributed by atoms with Crippen LogP contribution in [-0.2, 0) is 6.54 Å². The van der Waals surface area contributed by atoms with Crippen LogP contribution in [0, 0.1) is 0 Å². The molecule has 1 aromatic heterocycles. The van der Waals surface area contributed by atoms with Gasteiger partial charge in [-0.15, -0.1) is 11.6 Å². The Bertz CT molecular complexity index is 579. The molecule has 0 saturated heterocycles. The van der Waals surface area contributed by atoms with Crippen LogP contribution in [0.5, 0.6) is 0 Å². The maximum absolute atomic E-state index is 12.2. The first kappa shape index (κ1) is 11.9. The van der Waals surface area contributed by atoms with Gasteiger partial charge in [-0.1, -0.05) is 6.07 Å². The third kappa shape index (κ3) is 2.26. The Balaban J connectivity index is 2.68. The summed E-state index contributed by atoms with van der Waals surface area (Å²) in [5, 5.41) is 3.80. The molecule has 1 N–H and O–H groups in total. The van der Waals surface area contributed by atoms with E-state index in [0.717, 1.165) is 12.2 Å². The summed E-state index contributed by atoms with van der Waals surface area (Å²) in [6, 6.07) is 5.61. The Morgan fingerprint density at radius 2 is 2.29 bits per heavy atom. The molecule has 1 aromatic carbocycles. The summed E-state index contributed by atoms with van der Waals surface area (Å²) < 4.78 is 1.54. The summed E-state index contributed by atoms with van der Waals surface area (Å²) in [5.74, 6) is 0.399. The van der Waals surface area contributed by atoms with Crippen molar-refractivity contribution in [2.75, 3.05) is 17.7 Å². The van der Waals surface area contributed by atoms with Gasteiger partial charge in [-0.25, -0.2) is 4.98 Å². The highest BCUT2D eigenvalue weighted by molar-refractivity contribution is 6.17. The van der Waals surface area contributed by atoms with Crippen molar-refractivity contribution in [1.29, 1.82) is 0 Å². The molecule has 2 rings (SSSR count). The van der Waals surface area contributed by atoms with Gasteiger partial charge in [0.1, 0.15) is 0 Å². The topological polar surface area (TPSA) is 46.9 Å². The van der Waals surface area contributed by atoms with Gasteiger partial charge >= 0.3 is 0 Å². The van der Waals surface area contributed by atoms with E-state index >= 15 is 0 Å². The molecule has 0 radical (unpaired) electrons. The second kappa shape index (κ2) is 5.19. The quantitative estimate of drug-likeness (QED) is 0.847. The molecule has 1 heterocycles. The lowest BCUT2D eigenvalue weighted by atomic mass is 10.2. The number of benzene rings is 1. The fourth-order valence-electron chi connectivity index (χ4n) is 1.79. The minimum atomic E-state index is -0.0489. The number of fused-ring (bicyclic) bond motifs is 1. The third-order valence-corrected chi connectivity index (χ3v) is 2.72. The summed E-state index contributed by atoms with van der Waals surface area (Å²) in [6.07, 6.45) is 1.54. The van der Waals surface area contributed by atoms with Gasteiger partial charge in [0.25, 0.3) is 5.56 Å². The molecular formula is C12H14ClN3O. The molecule has 90 valence electrons. The Labute approximate surface area is 104 Å². The van der Waals surface area contributed by atoms with E-state index in [-0.39, 0.29) is 5.56 Å². The monoisotopic (exact) mass is 251 g/mol.